The minimum atomic E-state index is 0.388. The second kappa shape index (κ2) is 4.03. The van der Waals surface area contributed by atoms with E-state index in [-0.39, 0.29) is 0 Å². The Morgan fingerprint density at radius 2 is 1.79 bits per heavy atom. The number of rotatable bonds is 0. The lowest BCUT2D eigenvalue weighted by Crippen LogP contribution is -2.52. The lowest BCUT2D eigenvalue weighted by atomic mass is 9.45. The molecule has 0 heterocycles. The van der Waals surface area contributed by atoms with E-state index >= 15 is 0 Å². The molecule has 0 aromatic carbocycles. The van der Waals surface area contributed by atoms with Gasteiger partial charge in [0, 0.05) is 11.8 Å². The van der Waals surface area contributed by atoms with E-state index < -0.39 is 0 Å². The summed E-state index contributed by atoms with van der Waals surface area (Å²) in [5.74, 6) is 11.0. The summed E-state index contributed by atoms with van der Waals surface area (Å²) in [6.45, 7) is 5.12. The lowest BCUT2D eigenvalue weighted by molar-refractivity contribution is -0.0958. The highest BCUT2D eigenvalue weighted by atomic mass is 14.6. The van der Waals surface area contributed by atoms with Gasteiger partial charge < -0.3 is 0 Å². The van der Waals surface area contributed by atoms with Crippen LogP contribution in [0.2, 0.25) is 0 Å². The van der Waals surface area contributed by atoms with Crippen LogP contribution in [0.5, 0.6) is 0 Å². The van der Waals surface area contributed by atoms with E-state index in [1.165, 1.54) is 57.8 Å². The van der Waals surface area contributed by atoms with Gasteiger partial charge in [-0.3, -0.25) is 0 Å². The zero-order valence-corrected chi connectivity index (χ0v) is 12.7. The summed E-state index contributed by atoms with van der Waals surface area (Å²) in [6, 6.07) is 0. The van der Waals surface area contributed by atoms with Crippen LogP contribution in [0.1, 0.15) is 71.6 Å². The molecule has 0 radical (unpaired) electrons. The van der Waals surface area contributed by atoms with Gasteiger partial charge in [-0.15, -0.1) is 5.92 Å². The van der Waals surface area contributed by atoms with Gasteiger partial charge in [-0.05, 0) is 74.5 Å². The van der Waals surface area contributed by atoms with E-state index in [2.05, 4.69) is 25.7 Å². The summed E-state index contributed by atoms with van der Waals surface area (Å²) in [5.41, 5.74) is 1.07. The third-order valence-corrected chi connectivity index (χ3v) is 7.67. The lowest BCUT2D eigenvalue weighted by Gasteiger charge is -2.59. The Bertz CT molecular complexity index is 439. The first-order valence-electron chi connectivity index (χ1n) is 8.63. The van der Waals surface area contributed by atoms with E-state index in [1.807, 2.05) is 0 Å². The van der Waals surface area contributed by atoms with Crippen molar-refractivity contribution in [1.82, 2.24) is 0 Å². The number of fused-ring (bicyclic) bond motifs is 5. The van der Waals surface area contributed by atoms with Crippen LogP contribution in [0.3, 0.4) is 0 Å². The summed E-state index contributed by atoms with van der Waals surface area (Å²) in [6.07, 6.45) is 13.1. The first kappa shape index (κ1) is 12.3. The summed E-state index contributed by atoms with van der Waals surface area (Å²) in [4.78, 5) is 0. The number of hydrogen-bond acceptors (Lipinski definition) is 0. The second-order valence-electron chi connectivity index (χ2n) is 8.36. The molecule has 3 fully saturated rings. The zero-order chi connectivity index (χ0) is 13.1. The molecule has 0 aliphatic heterocycles. The monoisotopic (exact) mass is 256 g/mol. The van der Waals surface area contributed by atoms with Gasteiger partial charge in [0.2, 0.25) is 0 Å². The smallest absolute Gasteiger partial charge is 0.0326 e. The van der Waals surface area contributed by atoms with Crippen molar-refractivity contribution < 1.29 is 0 Å². The van der Waals surface area contributed by atoms with Crippen LogP contribution < -0.4 is 0 Å². The fourth-order valence-corrected chi connectivity index (χ4v) is 6.51. The Kier molecular flexibility index (Phi) is 2.61. The van der Waals surface area contributed by atoms with Crippen molar-refractivity contribution in [2.75, 3.05) is 0 Å². The predicted octanol–water partition coefficient (Wildman–Crippen LogP) is 5.03. The van der Waals surface area contributed by atoms with Crippen LogP contribution in [0.4, 0.5) is 0 Å². The molecule has 19 heavy (non-hydrogen) atoms. The van der Waals surface area contributed by atoms with Crippen molar-refractivity contribution >= 4 is 0 Å². The van der Waals surface area contributed by atoms with Crippen molar-refractivity contribution in [3.8, 4) is 11.8 Å². The van der Waals surface area contributed by atoms with Crippen LogP contribution in [0.25, 0.3) is 0 Å². The Morgan fingerprint density at radius 3 is 2.68 bits per heavy atom. The zero-order valence-electron chi connectivity index (χ0n) is 12.7. The maximum Gasteiger partial charge on any atom is 0.0326 e. The molecule has 6 atom stereocenters. The fourth-order valence-electron chi connectivity index (χ4n) is 6.51. The molecule has 0 saturated heterocycles. The molecule has 0 spiro atoms. The normalized spacial score (nSPS) is 55.5. The molecular formula is C19H28. The highest BCUT2D eigenvalue weighted by Gasteiger charge is 2.56. The van der Waals surface area contributed by atoms with Crippen LogP contribution in [0, 0.1) is 46.3 Å². The first-order chi connectivity index (χ1) is 9.13. The van der Waals surface area contributed by atoms with Crippen LogP contribution in [-0.2, 0) is 0 Å². The highest BCUT2D eigenvalue weighted by Crippen LogP contribution is 2.64. The van der Waals surface area contributed by atoms with Gasteiger partial charge >= 0.3 is 0 Å². The third-order valence-electron chi connectivity index (χ3n) is 7.67. The van der Waals surface area contributed by atoms with E-state index in [4.69, 9.17) is 0 Å². The first-order valence-corrected chi connectivity index (χ1v) is 8.63. The average Bonchev–Trinajstić information content (AvgIpc) is 2.79. The molecule has 0 nitrogen and oxygen atoms in total. The topological polar surface area (TPSA) is 0 Å². The number of hydrogen-bond donors (Lipinski definition) is 0. The Labute approximate surface area is 118 Å². The third kappa shape index (κ3) is 1.60. The maximum absolute atomic E-state index is 3.60. The molecule has 3 saturated carbocycles. The van der Waals surface area contributed by atoms with Gasteiger partial charge in [-0.25, -0.2) is 0 Å². The molecule has 0 aromatic heterocycles. The van der Waals surface area contributed by atoms with Crippen molar-refractivity contribution in [3.05, 3.63) is 0 Å². The van der Waals surface area contributed by atoms with Gasteiger partial charge in [0.25, 0.3) is 0 Å². The van der Waals surface area contributed by atoms with E-state index in [1.54, 1.807) is 0 Å². The van der Waals surface area contributed by atoms with Crippen LogP contribution in [-0.4, -0.2) is 0 Å². The largest absolute Gasteiger partial charge is 0.102 e. The molecule has 0 bridgehead atoms. The molecule has 4 aliphatic carbocycles. The predicted molar refractivity (Wildman–Crippen MR) is 79.5 cm³/mol. The van der Waals surface area contributed by atoms with E-state index in [9.17, 15) is 0 Å². The Balaban J connectivity index is 1.65. The van der Waals surface area contributed by atoms with Crippen molar-refractivity contribution in [3.63, 3.8) is 0 Å². The van der Waals surface area contributed by atoms with Gasteiger partial charge in [-0.1, -0.05) is 25.7 Å². The minimum absolute atomic E-state index is 0.388. The van der Waals surface area contributed by atoms with Gasteiger partial charge in [-0.2, -0.15) is 0 Å². The molecule has 0 amide bonds. The van der Waals surface area contributed by atoms with E-state index in [0.29, 0.717) is 10.8 Å². The Morgan fingerprint density at radius 1 is 0.895 bits per heavy atom. The standard InChI is InChI=1S/C19H28/c1-18-11-5-7-16(18)15-9-8-14-6-3-4-12-19(14,2)17(15)10-13-18/h14-17H,3-4,6-10,12-13H2,1-2H3/t14?,15-,16-,17-,18-,19-/m0/s1. The molecule has 4 rings (SSSR count). The van der Waals surface area contributed by atoms with Gasteiger partial charge in [0.05, 0.1) is 0 Å². The van der Waals surface area contributed by atoms with Crippen LogP contribution in [0.15, 0.2) is 0 Å². The van der Waals surface area contributed by atoms with Crippen LogP contribution >= 0.6 is 0 Å². The fraction of sp³-hybridized carbons (Fsp3) is 0.895. The van der Waals surface area contributed by atoms with Crippen molar-refractivity contribution in [1.29, 1.82) is 0 Å². The SMILES string of the molecule is C[C@@]12C#CC[C@H]1[C@@H]1CCC3CCCC[C@]3(C)[C@H]1CC2. The van der Waals surface area contributed by atoms with Gasteiger partial charge in [0.15, 0.2) is 0 Å². The molecule has 104 valence electrons. The molecule has 0 aromatic rings. The maximum atomic E-state index is 3.60. The summed E-state index contributed by atoms with van der Waals surface area (Å²) in [7, 11) is 0. The van der Waals surface area contributed by atoms with Gasteiger partial charge in [0.1, 0.15) is 0 Å². The highest BCUT2D eigenvalue weighted by molar-refractivity contribution is 5.24. The molecular weight excluding hydrogens is 228 g/mol. The van der Waals surface area contributed by atoms with Crippen molar-refractivity contribution in [2.45, 2.75) is 71.6 Å². The summed E-state index contributed by atoms with van der Waals surface area (Å²) >= 11 is 0. The molecule has 0 heteroatoms. The van der Waals surface area contributed by atoms with Crippen molar-refractivity contribution in [2.24, 2.45) is 34.5 Å². The van der Waals surface area contributed by atoms with E-state index in [0.717, 1.165) is 23.7 Å². The Hall–Kier alpha value is -0.440. The quantitative estimate of drug-likeness (QED) is 0.533. The minimum Gasteiger partial charge on any atom is -0.102 e. The summed E-state index contributed by atoms with van der Waals surface area (Å²) < 4.78 is 0. The average molecular weight is 256 g/mol. The molecule has 4 aliphatic rings. The molecule has 0 N–H and O–H groups in total. The summed E-state index contributed by atoms with van der Waals surface area (Å²) in [5, 5.41) is 0. The molecule has 1 unspecified atom stereocenters. The second-order valence-corrected chi connectivity index (χ2v) is 8.36.